The Balaban J connectivity index is 2.53. The van der Waals surface area contributed by atoms with Gasteiger partial charge in [-0.15, -0.1) is 0 Å². The molecule has 2 rings (SSSR count). The Kier molecular flexibility index (Phi) is 4.57. The van der Waals surface area contributed by atoms with Crippen LogP contribution in [-0.2, 0) is 10.2 Å². The molecule has 0 amide bonds. The molecule has 0 aliphatic heterocycles. The molecule has 0 saturated carbocycles. The van der Waals surface area contributed by atoms with E-state index in [2.05, 4.69) is 0 Å². The van der Waals surface area contributed by atoms with Crippen LogP contribution in [0.25, 0.3) is 11.1 Å². The van der Waals surface area contributed by atoms with Crippen LogP contribution in [0.4, 0.5) is 4.39 Å². The predicted molar refractivity (Wildman–Crippen MR) is 81.7 cm³/mol. The molecule has 2 aromatic carbocycles. The van der Waals surface area contributed by atoms with Crippen molar-refractivity contribution in [2.45, 2.75) is 25.2 Å². The van der Waals surface area contributed by atoms with E-state index in [0.717, 1.165) is 6.07 Å². The first-order chi connectivity index (χ1) is 10.5. The Morgan fingerprint density at radius 1 is 1.27 bits per heavy atom. The topological polar surface area (TPSA) is 61.1 Å². The number of carboxylic acid groups (broad SMARTS) is 1. The predicted octanol–water partition coefficient (Wildman–Crippen LogP) is 4.14. The lowest BCUT2D eigenvalue weighted by Crippen LogP contribution is -2.34. The lowest BCUT2D eigenvalue weighted by Gasteiger charge is -2.22. The summed E-state index contributed by atoms with van der Waals surface area (Å²) in [5.41, 5.74) is -0.426. The Labute approximate surface area is 128 Å². The highest BCUT2D eigenvalue weighted by molar-refractivity contribution is 5.85. The molecule has 0 heterocycles. The van der Waals surface area contributed by atoms with Gasteiger partial charge in [-0.1, -0.05) is 55.8 Å². The van der Waals surface area contributed by atoms with E-state index in [1.165, 1.54) is 12.1 Å². The van der Waals surface area contributed by atoms with Crippen LogP contribution in [0, 0.1) is 17.1 Å². The van der Waals surface area contributed by atoms with Gasteiger partial charge in [-0.25, -0.2) is 4.39 Å². The van der Waals surface area contributed by atoms with Crippen LogP contribution in [0.15, 0.2) is 48.5 Å². The zero-order chi connectivity index (χ0) is 16.2. The average molecular weight is 297 g/mol. The zero-order valence-electron chi connectivity index (χ0n) is 12.2. The molecule has 0 radical (unpaired) electrons. The summed E-state index contributed by atoms with van der Waals surface area (Å²) in [5, 5.41) is 18.8. The molecule has 1 unspecified atom stereocenters. The molecule has 4 heteroatoms. The summed E-state index contributed by atoms with van der Waals surface area (Å²) in [5.74, 6) is -1.77. The van der Waals surface area contributed by atoms with Crippen molar-refractivity contribution in [2.24, 2.45) is 0 Å². The van der Waals surface area contributed by atoms with Gasteiger partial charge in [0.1, 0.15) is 5.82 Å². The van der Waals surface area contributed by atoms with Crippen molar-refractivity contribution < 1.29 is 14.3 Å². The highest BCUT2D eigenvalue weighted by Gasteiger charge is 2.40. The van der Waals surface area contributed by atoms with Gasteiger partial charge in [0.05, 0.1) is 6.07 Å². The molecule has 112 valence electrons. The number of aliphatic carboxylic acids is 1. The monoisotopic (exact) mass is 297 g/mol. The maximum atomic E-state index is 14.4. The quantitative estimate of drug-likeness (QED) is 0.902. The molecule has 1 N–H and O–H groups in total. The molecule has 0 aromatic heterocycles. The number of hydrogen-bond donors (Lipinski definition) is 1. The van der Waals surface area contributed by atoms with E-state index in [1.807, 2.05) is 12.1 Å². The van der Waals surface area contributed by atoms with Gasteiger partial charge in [0.25, 0.3) is 0 Å². The molecule has 0 bridgehead atoms. The van der Waals surface area contributed by atoms with Gasteiger partial charge in [-0.05, 0) is 23.6 Å². The van der Waals surface area contributed by atoms with Crippen LogP contribution in [0.2, 0.25) is 0 Å². The van der Waals surface area contributed by atoms with Crippen molar-refractivity contribution in [3.8, 4) is 17.2 Å². The van der Waals surface area contributed by atoms with Gasteiger partial charge in [-0.2, -0.15) is 5.26 Å². The minimum absolute atomic E-state index is 0.142. The summed E-state index contributed by atoms with van der Waals surface area (Å²) in [6.45, 7) is 1.80. The molecule has 22 heavy (non-hydrogen) atoms. The first-order valence-electron chi connectivity index (χ1n) is 7.05. The van der Waals surface area contributed by atoms with Gasteiger partial charge in [0.2, 0.25) is 0 Å². The number of halogens is 1. The summed E-state index contributed by atoms with van der Waals surface area (Å²) in [7, 11) is 0. The van der Waals surface area contributed by atoms with Crippen LogP contribution in [0.5, 0.6) is 0 Å². The third-order valence-corrected chi connectivity index (χ3v) is 3.73. The Morgan fingerprint density at radius 2 is 1.95 bits per heavy atom. The lowest BCUT2D eigenvalue weighted by molar-refractivity contribution is -0.141. The van der Waals surface area contributed by atoms with E-state index in [1.54, 1.807) is 31.2 Å². The molecule has 1 atom stereocenters. The van der Waals surface area contributed by atoms with Crippen molar-refractivity contribution >= 4 is 5.97 Å². The first-order valence-corrected chi connectivity index (χ1v) is 7.05. The molecule has 0 aliphatic carbocycles. The average Bonchev–Trinajstić information content (AvgIpc) is 2.53. The van der Waals surface area contributed by atoms with Gasteiger partial charge >= 0.3 is 5.97 Å². The van der Waals surface area contributed by atoms with E-state index in [-0.39, 0.29) is 12.0 Å². The molecule has 2 aromatic rings. The largest absolute Gasteiger partial charge is 0.480 e. The van der Waals surface area contributed by atoms with Gasteiger partial charge < -0.3 is 5.11 Å². The van der Waals surface area contributed by atoms with E-state index >= 15 is 0 Å². The second-order valence-electron chi connectivity index (χ2n) is 5.13. The summed E-state index contributed by atoms with van der Waals surface area (Å²) < 4.78 is 14.4. The van der Waals surface area contributed by atoms with Crippen LogP contribution in [-0.4, -0.2) is 11.1 Å². The van der Waals surface area contributed by atoms with Crippen molar-refractivity contribution in [2.75, 3.05) is 0 Å². The number of rotatable bonds is 5. The van der Waals surface area contributed by atoms with Crippen molar-refractivity contribution in [1.29, 1.82) is 5.26 Å². The minimum atomic E-state index is -1.70. The number of carboxylic acids is 1. The molecule has 0 fully saturated rings. The second-order valence-corrected chi connectivity index (χ2v) is 5.13. The van der Waals surface area contributed by atoms with Crippen LogP contribution >= 0.6 is 0 Å². The number of hydrogen-bond acceptors (Lipinski definition) is 2. The number of nitrogens with zero attached hydrogens (tertiary/aromatic N) is 1. The Morgan fingerprint density at radius 3 is 2.45 bits per heavy atom. The van der Waals surface area contributed by atoms with E-state index < -0.39 is 17.2 Å². The fourth-order valence-corrected chi connectivity index (χ4v) is 2.55. The molecule has 0 spiro atoms. The smallest absolute Gasteiger partial charge is 0.328 e. The van der Waals surface area contributed by atoms with Crippen molar-refractivity contribution in [1.82, 2.24) is 0 Å². The molecule has 0 saturated heterocycles. The van der Waals surface area contributed by atoms with Gasteiger partial charge in [-0.3, -0.25) is 4.79 Å². The normalized spacial score (nSPS) is 13.1. The zero-order valence-corrected chi connectivity index (χ0v) is 12.2. The number of benzene rings is 2. The van der Waals surface area contributed by atoms with Gasteiger partial charge in [0, 0.05) is 5.56 Å². The molecule has 3 nitrogen and oxygen atoms in total. The van der Waals surface area contributed by atoms with E-state index in [4.69, 9.17) is 0 Å². The highest BCUT2D eigenvalue weighted by Crippen LogP contribution is 2.33. The Bertz CT molecular complexity index is 722. The highest BCUT2D eigenvalue weighted by atomic mass is 19.1. The maximum absolute atomic E-state index is 14.4. The fraction of sp³-hybridized carbons (Fsp3) is 0.222. The van der Waals surface area contributed by atoms with Crippen LogP contribution in [0.1, 0.15) is 25.3 Å². The molecular formula is C18H16FNO2. The van der Waals surface area contributed by atoms with Crippen molar-refractivity contribution in [3.05, 3.63) is 59.9 Å². The van der Waals surface area contributed by atoms with Crippen LogP contribution in [0.3, 0.4) is 0 Å². The Hall–Kier alpha value is -2.67. The molecule has 0 aliphatic rings. The second kappa shape index (κ2) is 6.40. The summed E-state index contributed by atoms with van der Waals surface area (Å²) in [4.78, 5) is 11.6. The first kappa shape index (κ1) is 15.7. The minimum Gasteiger partial charge on any atom is -0.480 e. The summed E-state index contributed by atoms with van der Waals surface area (Å²) in [6.07, 6.45) is 0.658. The molecular weight excluding hydrogens is 281 g/mol. The number of carbonyl (C=O) groups is 1. The number of nitriles is 1. The van der Waals surface area contributed by atoms with E-state index in [9.17, 15) is 19.6 Å². The van der Waals surface area contributed by atoms with E-state index in [0.29, 0.717) is 17.5 Å². The summed E-state index contributed by atoms with van der Waals surface area (Å²) in [6, 6.07) is 15.1. The fourth-order valence-electron chi connectivity index (χ4n) is 2.55. The van der Waals surface area contributed by atoms with Gasteiger partial charge in [0.15, 0.2) is 5.41 Å². The maximum Gasteiger partial charge on any atom is 0.328 e. The van der Waals surface area contributed by atoms with Crippen LogP contribution < -0.4 is 0 Å². The SMILES string of the molecule is CCCC(C#N)(C(=O)O)c1ccc(-c2ccccc2)c(F)c1. The van der Waals surface area contributed by atoms with Crippen molar-refractivity contribution in [3.63, 3.8) is 0 Å². The third-order valence-electron chi connectivity index (χ3n) is 3.73. The lowest BCUT2D eigenvalue weighted by atomic mass is 9.77. The third kappa shape index (κ3) is 2.71. The standard InChI is InChI=1S/C18H16FNO2/c1-2-10-18(12-20,17(21)22)14-8-9-15(16(19)11-14)13-6-4-3-5-7-13/h3-9,11H,2,10H2,1H3,(H,21,22). The summed E-state index contributed by atoms with van der Waals surface area (Å²) >= 11 is 0.